The summed E-state index contributed by atoms with van der Waals surface area (Å²) < 4.78 is 16.5. The van der Waals surface area contributed by atoms with E-state index >= 15 is 0 Å². The number of nitro groups is 1. The van der Waals surface area contributed by atoms with E-state index in [1.54, 1.807) is 36.4 Å². The third-order valence-corrected chi connectivity index (χ3v) is 5.98. The zero-order valence-corrected chi connectivity index (χ0v) is 20.9. The SMILES string of the molecule is COC(=O)c1ccc(CN2C(=O)N/C(=C\c3ccc(OCc4ccc([N+](=O)[O-])cc4)c(I)c3)C2=O)o1. The summed E-state index contributed by atoms with van der Waals surface area (Å²) in [4.78, 5) is 47.9. The third kappa shape index (κ3) is 5.54. The minimum atomic E-state index is -0.659. The number of non-ortho nitro benzene ring substituents is 1. The van der Waals surface area contributed by atoms with Gasteiger partial charge in [0.25, 0.3) is 11.6 Å². The van der Waals surface area contributed by atoms with Crippen LogP contribution in [0.15, 0.2) is 64.7 Å². The summed E-state index contributed by atoms with van der Waals surface area (Å²) in [6.45, 7) is 0.0777. The molecule has 1 aromatic heterocycles. The van der Waals surface area contributed by atoms with Crippen LogP contribution in [0.2, 0.25) is 0 Å². The highest BCUT2D eigenvalue weighted by atomic mass is 127. The maximum absolute atomic E-state index is 12.8. The zero-order chi connectivity index (χ0) is 25.8. The Morgan fingerprint density at radius 3 is 2.58 bits per heavy atom. The van der Waals surface area contributed by atoms with Gasteiger partial charge in [-0.2, -0.15) is 0 Å². The maximum atomic E-state index is 12.8. The average Bonchev–Trinajstić information content (AvgIpc) is 3.43. The van der Waals surface area contributed by atoms with Crippen LogP contribution in [-0.4, -0.2) is 34.8 Å². The summed E-state index contributed by atoms with van der Waals surface area (Å²) in [6.07, 6.45) is 1.55. The summed E-state index contributed by atoms with van der Waals surface area (Å²) in [5.74, 6) is -0.373. The van der Waals surface area contributed by atoms with Crippen LogP contribution in [0.3, 0.4) is 0 Å². The fourth-order valence-electron chi connectivity index (χ4n) is 3.31. The monoisotopic (exact) mass is 603 g/mol. The van der Waals surface area contributed by atoms with Gasteiger partial charge in [0.15, 0.2) is 0 Å². The average molecular weight is 603 g/mol. The molecule has 0 aliphatic carbocycles. The van der Waals surface area contributed by atoms with Gasteiger partial charge in [-0.05, 0) is 76.2 Å². The minimum Gasteiger partial charge on any atom is -0.488 e. The number of esters is 1. The number of hydrogen-bond acceptors (Lipinski definition) is 8. The van der Waals surface area contributed by atoms with Crippen LogP contribution in [0.1, 0.15) is 27.4 Å². The molecule has 12 heteroatoms. The van der Waals surface area contributed by atoms with E-state index in [2.05, 4.69) is 32.6 Å². The highest BCUT2D eigenvalue weighted by molar-refractivity contribution is 14.1. The Kier molecular flexibility index (Phi) is 7.33. The van der Waals surface area contributed by atoms with Crippen LogP contribution >= 0.6 is 22.6 Å². The number of methoxy groups -OCH3 is 1. The molecule has 3 aromatic rings. The van der Waals surface area contributed by atoms with Gasteiger partial charge >= 0.3 is 12.0 Å². The number of imide groups is 1. The number of amides is 3. The molecule has 1 aliphatic rings. The lowest BCUT2D eigenvalue weighted by Crippen LogP contribution is -2.30. The molecule has 3 amide bonds. The number of benzene rings is 2. The molecule has 2 aromatic carbocycles. The molecule has 36 heavy (non-hydrogen) atoms. The number of carbonyl (C=O) groups is 3. The van der Waals surface area contributed by atoms with Crippen LogP contribution in [0.25, 0.3) is 6.08 Å². The van der Waals surface area contributed by atoms with E-state index in [0.717, 1.165) is 14.0 Å². The normalized spacial score (nSPS) is 14.2. The Balaban J connectivity index is 1.41. The number of carbonyl (C=O) groups excluding carboxylic acids is 3. The molecule has 1 saturated heterocycles. The Morgan fingerprint density at radius 1 is 1.17 bits per heavy atom. The van der Waals surface area contributed by atoms with Gasteiger partial charge in [0, 0.05) is 12.1 Å². The zero-order valence-electron chi connectivity index (χ0n) is 18.7. The lowest BCUT2D eigenvalue weighted by atomic mass is 10.2. The summed E-state index contributed by atoms with van der Waals surface area (Å²) in [5.41, 5.74) is 1.54. The van der Waals surface area contributed by atoms with Crippen molar-refractivity contribution in [1.82, 2.24) is 10.2 Å². The predicted octanol–water partition coefficient (Wildman–Crippen LogP) is 4.25. The highest BCUT2D eigenvalue weighted by Crippen LogP contribution is 2.26. The fraction of sp³-hybridized carbons (Fsp3) is 0.125. The van der Waals surface area contributed by atoms with Crippen molar-refractivity contribution in [3.05, 3.63) is 96.6 Å². The molecule has 0 unspecified atom stereocenters. The molecule has 0 spiro atoms. The van der Waals surface area contributed by atoms with Crippen molar-refractivity contribution >= 4 is 52.3 Å². The van der Waals surface area contributed by atoms with Crippen molar-refractivity contribution < 1.29 is 33.2 Å². The van der Waals surface area contributed by atoms with Gasteiger partial charge in [0.1, 0.15) is 23.8 Å². The maximum Gasteiger partial charge on any atom is 0.373 e. The Bertz CT molecular complexity index is 1380. The molecular formula is C24H18IN3O8. The number of ether oxygens (including phenoxy) is 2. The number of furan rings is 1. The summed E-state index contributed by atoms with van der Waals surface area (Å²) in [5, 5.41) is 13.3. The Labute approximate surface area is 218 Å². The van der Waals surface area contributed by atoms with E-state index in [9.17, 15) is 24.5 Å². The molecular weight excluding hydrogens is 585 g/mol. The lowest BCUT2D eigenvalue weighted by molar-refractivity contribution is -0.384. The first-order valence-electron chi connectivity index (χ1n) is 10.4. The second-order valence-corrected chi connectivity index (χ2v) is 8.70. The molecule has 184 valence electrons. The number of urea groups is 1. The Hall–Kier alpha value is -4.20. The smallest absolute Gasteiger partial charge is 0.373 e. The molecule has 2 heterocycles. The fourth-order valence-corrected chi connectivity index (χ4v) is 4.00. The van der Waals surface area contributed by atoms with E-state index in [-0.39, 0.29) is 36.1 Å². The first-order chi connectivity index (χ1) is 17.2. The van der Waals surface area contributed by atoms with Crippen LogP contribution in [0, 0.1) is 13.7 Å². The summed E-state index contributed by atoms with van der Waals surface area (Å²) in [7, 11) is 1.22. The largest absolute Gasteiger partial charge is 0.488 e. The summed E-state index contributed by atoms with van der Waals surface area (Å²) >= 11 is 2.09. The van der Waals surface area contributed by atoms with Crippen LogP contribution in [-0.2, 0) is 22.7 Å². The van der Waals surface area contributed by atoms with Gasteiger partial charge < -0.3 is 19.2 Å². The molecule has 1 aliphatic heterocycles. The van der Waals surface area contributed by atoms with Crippen molar-refractivity contribution in [2.24, 2.45) is 0 Å². The van der Waals surface area contributed by atoms with E-state index in [1.165, 1.54) is 31.4 Å². The second-order valence-electron chi connectivity index (χ2n) is 7.54. The van der Waals surface area contributed by atoms with Gasteiger partial charge in [0.05, 0.1) is 22.1 Å². The first kappa shape index (κ1) is 24.9. The minimum absolute atomic E-state index is 0.00735. The van der Waals surface area contributed by atoms with Crippen molar-refractivity contribution in [2.45, 2.75) is 13.2 Å². The van der Waals surface area contributed by atoms with Gasteiger partial charge in [-0.15, -0.1) is 0 Å². The number of halogens is 1. The molecule has 11 nitrogen and oxygen atoms in total. The highest BCUT2D eigenvalue weighted by Gasteiger charge is 2.34. The molecule has 0 atom stereocenters. The van der Waals surface area contributed by atoms with Crippen LogP contribution < -0.4 is 10.1 Å². The predicted molar refractivity (Wildman–Crippen MR) is 134 cm³/mol. The summed E-state index contributed by atoms with van der Waals surface area (Å²) in [6, 6.07) is 13.6. The lowest BCUT2D eigenvalue weighted by Gasteiger charge is -2.10. The van der Waals surface area contributed by atoms with E-state index in [1.807, 2.05) is 0 Å². The number of nitrogens with zero attached hydrogens (tertiary/aromatic N) is 2. The van der Waals surface area contributed by atoms with Crippen LogP contribution in [0.5, 0.6) is 5.75 Å². The van der Waals surface area contributed by atoms with E-state index in [4.69, 9.17) is 9.15 Å². The first-order valence-corrected chi connectivity index (χ1v) is 11.5. The molecule has 4 rings (SSSR count). The van der Waals surface area contributed by atoms with E-state index in [0.29, 0.717) is 11.3 Å². The number of nitrogens with one attached hydrogen (secondary N) is 1. The van der Waals surface area contributed by atoms with Gasteiger partial charge in [-0.3, -0.25) is 19.8 Å². The third-order valence-electron chi connectivity index (χ3n) is 5.13. The van der Waals surface area contributed by atoms with Crippen molar-refractivity contribution in [2.75, 3.05) is 7.11 Å². The molecule has 0 radical (unpaired) electrons. The number of rotatable bonds is 8. The van der Waals surface area contributed by atoms with Crippen molar-refractivity contribution in [3.63, 3.8) is 0 Å². The standard InChI is InChI=1S/C24H18IN3O8/c1-34-23(30)21-9-7-17(36-21)12-27-22(29)19(26-24(27)31)11-15-4-8-20(18(25)10-15)35-13-14-2-5-16(6-3-14)28(32)33/h2-11H,12-13H2,1H3,(H,26,31)/b19-11-. The molecule has 0 bridgehead atoms. The molecule has 0 saturated carbocycles. The van der Waals surface area contributed by atoms with Crippen LogP contribution in [0.4, 0.5) is 10.5 Å². The molecule has 1 N–H and O–H groups in total. The van der Waals surface area contributed by atoms with E-state index < -0.39 is 22.8 Å². The van der Waals surface area contributed by atoms with Gasteiger partial charge in [-0.25, -0.2) is 9.59 Å². The van der Waals surface area contributed by atoms with Gasteiger partial charge in [0.2, 0.25) is 5.76 Å². The number of nitro benzene ring substituents is 1. The van der Waals surface area contributed by atoms with Crippen molar-refractivity contribution in [1.29, 1.82) is 0 Å². The topological polar surface area (TPSA) is 141 Å². The van der Waals surface area contributed by atoms with Crippen molar-refractivity contribution in [3.8, 4) is 5.75 Å². The molecule has 1 fully saturated rings. The number of hydrogen-bond donors (Lipinski definition) is 1. The van der Waals surface area contributed by atoms with Gasteiger partial charge in [-0.1, -0.05) is 6.07 Å². The second kappa shape index (κ2) is 10.6. The Morgan fingerprint density at radius 2 is 1.92 bits per heavy atom. The quantitative estimate of drug-likeness (QED) is 0.101.